The van der Waals surface area contributed by atoms with Crippen molar-refractivity contribution >= 4 is 5.91 Å². The summed E-state index contributed by atoms with van der Waals surface area (Å²) in [6.07, 6.45) is -0.0162. The van der Waals surface area contributed by atoms with Crippen LogP contribution >= 0.6 is 0 Å². The van der Waals surface area contributed by atoms with Crippen molar-refractivity contribution in [2.24, 2.45) is 11.8 Å². The highest BCUT2D eigenvalue weighted by atomic mass is 19.4. The number of amides is 1. The molecule has 2 heterocycles. The first kappa shape index (κ1) is 17.8. The van der Waals surface area contributed by atoms with Crippen LogP contribution in [0, 0.1) is 11.8 Å². The molecule has 1 amide bonds. The maximum Gasteiger partial charge on any atom is 0.416 e. The van der Waals surface area contributed by atoms with E-state index in [1.165, 1.54) is 12.1 Å². The number of nitrogens with one attached hydrogen (secondary N) is 1. The van der Waals surface area contributed by atoms with E-state index in [-0.39, 0.29) is 23.7 Å². The molecule has 1 aromatic heterocycles. The van der Waals surface area contributed by atoms with Gasteiger partial charge in [0, 0.05) is 24.3 Å². The number of hydrogen-bond donors (Lipinski definition) is 1. The van der Waals surface area contributed by atoms with Crippen LogP contribution in [-0.4, -0.2) is 34.1 Å². The number of alkyl halides is 3. The number of aryl methyl sites for hydroxylation is 1. The topological polar surface area (TPSA) is 49.0 Å². The van der Waals surface area contributed by atoms with Crippen LogP contribution in [-0.2, 0) is 19.0 Å². The molecule has 1 saturated carbocycles. The molecule has 3 aliphatic rings. The normalized spacial score (nSPS) is 26.5. The summed E-state index contributed by atoms with van der Waals surface area (Å²) < 4.78 is 40.1. The Morgan fingerprint density at radius 2 is 1.82 bits per heavy atom. The molecule has 2 fully saturated rings. The third-order valence-corrected chi connectivity index (χ3v) is 6.75. The molecule has 0 spiro atoms. The van der Waals surface area contributed by atoms with E-state index in [1.54, 1.807) is 12.1 Å². The van der Waals surface area contributed by atoms with E-state index in [0.717, 1.165) is 30.5 Å². The van der Waals surface area contributed by atoms with Crippen LogP contribution in [0.4, 0.5) is 13.2 Å². The van der Waals surface area contributed by atoms with Gasteiger partial charge in [-0.1, -0.05) is 18.2 Å². The van der Waals surface area contributed by atoms with Gasteiger partial charge in [0.25, 0.3) is 5.91 Å². The fraction of sp³-hybridized carbons (Fsp3) is 0.524. The second-order valence-corrected chi connectivity index (χ2v) is 8.37. The van der Waals surface area contributed by atoms with E-state index in [0.29, 0.717) is 37.2 Å². The number of carbonyl (C=O) groups is 1. The monoisotopic (exact) mass is 389 g/mol. The van der Waals surface area contributed by atoms with Crippen molar-refractivity contribution in [1.82, 2.24) is 15.1 Å². The van der Waals surface area contributed by atoms with E-state index in [9.17, 15) is 18.0 Å². The van der Waals surface area contributed by atoms with Crippen LogP contribution < -0.4 is 0 Å². The highest BCUT2D eigenvalue weighted by Gasteiger charge is 2.45. The Bertz CT molecular complexity index is 906. The highest BCUT2D eigenvalue weighted by molar-refractivity contribution is 5.94. The number of halogens is 3. The zero-order valence-electron chi connectivity index (χ0n) is 15.4. The quantitative estimate of drug-likeness (QED) is 0.838. The third-order valence-electron chi connectivity index (χ3n) is 6.75. The standard InChI is InChI=1S/C21H22F3N3O/c22-21(23,24)17-6-2-1-4-15(17)12-8-13-10-27(11-14(13)9-12)20(28)19-16-5-3-7-18(16)25-26-19/h1-2,4,6,12-14H,3,5,7-11H2,(H,25,26)/t12?,13-,14+. The first-order valence-corrected chi connectivity index (χ1v) is 9.93. The number of nitrogens with zero attached hydrogens (tertiary/aromatic N) is 2. The zero-order chi connectivity index (χ0) is 19.5. The number of carbonyl (C=O) groups excluding carboxylic acids is 1. The van der Waals surface area contributed by atoms with Gasteiger partial charge in [0.1, 0.15) is 0 Å². The fourth-order valence-electron chi connectivity index (χ4n) is 5.48. The van der Waals surface area contributed by atoms with Crippen LogP contribution in [0.1, 0.15) is 58.1 Å². The second kappa shape index (κ2) is 6.36. The molecule has 2 aliphatic carbocycles. The number of H-pyrrole nitrogens is 1. The fourth-order valence-corrected chi connectivity index (χ4v) is 5.48. The Kier molecular flexibility index (Phi) is 4.03. The molecule has 0 bridgehead atoms. The van der Waals surface area contributed by atoms with E-state index in [2.05, 4.69) is 10.2 Å². The molecule has 0 radical (unpaired) electrons. The molecule has 1 aromatic carbocycles. The number of benzene rings is 1. The number of hydrogen-bond acceptors (Lipinski definition) is 2. The summed E-state index contributed by atoms with van der Waals surface area (Å²) in [5.74, 6) is 0.421. The van der Waals surface area contributed by atoms with Crippen molar-refractivity contribution in [3.05, 3.63) is 52.3 Å². The highest BCUT2D eigenvalue weighted by Crippen LogP contribution is 2.49. The smallest absolute Gasteiger partial charge is 0.337 e. The molecule has 1 aliphatic heterocycles. The van der Waals surface area contributed by atoms with Gasteiger partial charge in [-0.15, -0.1) is 0 Å². The molecule has 1 N–H and O–H groups in total. The van der Waals surface area contributed by atoms with Gasteiger partial charge < -0.3 is 4.90 Å². The minimum absolute atomic E-state index is 0.0268. The minimum atomic E-state index is -4.32. The molecule has 1 saturated heterocycles. The largest absolute Gasteiger partial charge is 0.416 e. The van der Waals surface area contributed by atoms with Gasteiger partial charge in [0.05, 0.1) is 5.56 Å². The number of aromatic amines is 1. The lowest BCUT2D eigenvalue weighted by Gasteiger charge is -2.21. The Morgan fingerprint density at radius 3 is 2.54 bits per heavy atom. The van der Waals surface area contributed by atoms with E-state index < -0.39 is 11.7 Å². The number of aromatic nitrogens is 2. The molecule has 28 heavy (non-hydrogen) atoms. The van der Waals surface area contributed by atoms with Crippen LogP contribution in [0.2, 0.25) is 0 Å². The molecule has 5 rings (SSSR count). The second-order valence-electron chi connectivity index (χ2n) is 8.37. The van der Waals surface area contributed by atoms with Crippen LogP contribution in [0.5, 0.6) is 0 Å². The van der Waals surface area contributed by atoms with Crippen LogP contribution in [0.3, 0.4) is 0 Å². The van der Waals surface area contributed by atoms with Crippen molar-refractivity contribution in [1.29, 1.82) is 0 Å². The molecule has 4 nitrogen and oxygen atoms in total. The molecular formula is C21H22F3N3O. The number of fused-ring (bicyclic) bond motifs is 2. The average Bonchev–Trinajstić information content (AvgIpc) is 3.39. The summed E-state index contributed by atoms with van der Waals surface area (Å²) >= 11 is 0. The summed E-state index contributed by atoms with van der Waals surface area (Å²) in [6, 6.07) is 5.93. The van der Waals surface area contributed by atoms with E-state index in [1.807, 2.05) is 4.90 Å². The van der Waals surface area contributed by atoms with Crippen molar-refractivity contribution in [2.75, 3.05) is 13.1 Å². The third kappa shape index (κ3) is 2.83. The lowest BCUT2D eigenvalue weighted by Crippen LogP contribution is -2.31. The predicted octanol–water partition coefficient (Wildman–Crippen LogP) is 4.18. The zero-order valence-corrected chi connectivity index (χ0v) is 15.4. The maximum absolute atomic E-state index is 13.4. The average molecular weight is 389 g/mol. The van der Waals surface area contributed by atoms with Crippen molar-refractivity contribution in [3.63, 3.8) is 0 Å². The SMILES string of the molecule is O=C(c1n[nH]c2c1CCC2)N1C[C@H]2CC(c3ccccc3C(F)(F)F)C[C@H]2C1. The van der Waals surface area contributed by atoms with E-state index in [4.69, 9.17) is 0 Å². The maximum atomic E-state index is 13.4. The van der Waals surface area contributed by atoms with Crippen LogP contribution in [0.25, 0.3) is 0 Å². The van der Waals surface area contributed by atoms with Gasteiger partial charge in [0.2, 0.25) is 0 Å². The molecule has 148 valence electrons. The van der Waals surface area contributed by atoms with E-state index >= 15 is 0 Å². The lowest BCUT2D eigenvalue weighted by molar-refractivity contribution is -0.138. The van der Waals surface area contributed by atoms with Gasteiger partial charge >= 0.3 is 6.18 Å². The molecule has 7 heteroatoms. The van der Waals surface area contributed by atoms with Gasteiger partial charge in [0.15, 0.2) is 5.69 Å². The Morgan fingerprint density at radius 1 is 1.11 bits per heavy atom. The minimum Gasteiger partial charge on any atom is -0.337 e. The molecule has 1 unspecified atom stereocenters. The molecule has 3 atom stereocenters. The summed E-state index contributed by atoms with van der Waals surface area (Å²) in [5, 5.41) is 7.22. The summed E-state index contributed by atoms with van der Waals surface area (Å²) in [4.78, 5) is 14.8. The predicted molar refractivity (Wildman–Crippen MR) is 96.9 cm³/mol. The summed E-state index contributed by atoms with van der Waals surface area (Å²) in [5.41, 5.74) is 2.57. The van der Waals surface area contributed by atoms with Gasteiger partial charge in [-0.25, -0.2) is 0 Å². The first-order chi connectivity index (χ1) is 13.4. The Labute approximate surface area is 161 Å². The summed E-state index contributed by atoms with van der Waals surface area (Å²) in [7, 11) is 0. The van der Waals surface area contributed by atoms with Crippen molar-refractivity contribution < 1.29 is 18.0 Å². The Balaban J connectivity index is 1.30. The number of likely N-dealkylation sites (tertiary alicyclic amines) is 1. The van der Waals surface area contributed by atoms with Crippen molar-refractivity contribution in [3.8, 4) is 0 Å². The number of rotatable bonds is 2. The lowest BCUT2D eigenvalue weighted by atomic mass is 9.91. The first-order valence-electron chi connectivity index (χ1n) is 9.93. The Hall–Kier alpha value is -2.31. The van der Waals surface area contributed by atoms with Gasteiger partial charge in [-0.3, -0.25) is 9.89 Å². The summed E-state index contributed by atoms with van der Waals surface area (Å²) in [6.45, 7) is 1.24. The molecule has 2 aromatic rings. The van der Waals surface area contributed by atoms with Gasteiger partial charge in [-0.2, -0.15) is 18.3 Å². The van der Waals surface area contributed by atoms with Crippen LogP contribution in [0.15, 0.2) is 24.3 Å². The molecular weight excluding hydrogens is 367 g/mol. The van der Waals surface area contributed by atoms with Crippen molar-refractivity contribution in [2.45, 2.75) is 44.2 Å². The van der Waals surface area contributed by atoms with Gasteiger partial charge in [-0.05, 0) is 61.5 Å².